The van der Waals surface area contributed by atoms with Gasteiger partial charge in [0.05, 0.1) is 29.5 Å². The highest BCUT2D eigenvalue weighted by atomic mass is 16.5. The average Bonchev–Trinajstić information content (AvgIpc) is 3.16. The third-order valence-electron chi connectivity index (χ3n) is 4.31. The van der Waals surface area contributed by atoms with Crippen LogP contribution >= 0.6 is 0 Å². The van der Waals surface area contributed by atoms with E-state index in [9.17, 15) is 4.79 Å². The highest BCUT2D eigenvalue weighted by molar-refractivity contribution is 5.86. The van der Waals surface area contributed by atoms with Gasteiger partial charge in [-0.05, 0) is 31.5 Å². The Hall–Kier alpha value is -3.08. The topological polar surface area (TPSA) is 48.5 Å². The predicted molar refractivity (Wildman–Crippen MR) is 97.5 cm³/mol. The third kappa shape index (κ3) is 2.58. The van der Waals surface area contributed by atoms with Gasteiger partial charge in [0.25, 0.3) is 0 Å². The first-order chi connectivity index (χ1) is 12.2. The van der Waals surface area contributed by atoms with Gasteiger partial charge in [0, 0.05) is 5.56 Å². The molecule has 0 aliphatic heterocycles. The third-order valence-corrected chi connectivity index (χ3v) is 4.31. The Balaban J connectivity index is 1.98. The first kappa shape index (κ1) is 15.4. The fraction of sp³-hybridized carbons (Fsp3) is 0.200. The zero-order chi connectivity index (χ0) is 17.4. The largest absolute Gasteiger partial charge is 0.465 e. The summed E-state index contributed by atoms with van der Waals surface area (Å²) >= 11 is 0. The van der Waals surface area contributed by atoms with Gasteiger partial charge < -0.3 is 4.74 Å². The number of ether oxygens (including phenoxy) is 1. The van der Waals surface area contributed by atoms with Gasteiger partial charge in [-0.3, -0.25) is 13.8 Å². The van der Waals surface area contributed by atoms with E-state index in [4.69, 9.17) is 4.74 Å². The van der Waals surface area contributed by atoms with Gasteiger partial charge in [-0.25, -0.2) is 4.98 Å². The Morgan fingerprint density at radius 1 is 1.12 bits per heavy atom. The molecule has 0 atom stereocenters. The minimum absolute atomic E-state index is 0.148. The number of hydrogen-bond donors (Lipinski definition) is 0. The monoisotopic (exact) mass is 333 g/mol. The van der Waals surface area contributed by atoms with Crippen LogP contribution in [0.15, 0.2) is 54.7 Å². The van der Waals surface area contributed by atoms with Gasteiger partial charge in [-0.15, -0.1) is 0 Å². The lowest BCUT2D eigenvalue weighted by Gasteiger charge is -2.05. The molecule has 25 heavy (non-hydrogen) atoms. The number of benzene rings is 2. The number of nitrogens with zero attached hydrogens (tertiary/aromatic N) is 3. The minimum Gasteiger partial charge on any atom is -0.465 e. The van der Waals surface area contributed by atoms with E-state index in [1.54, 1.807) is 0 Å². The van der Waals surface area contributed by atoms with Gasteiger partial charge in [0.15, 0.2) is 0 Å². The Kier molecular flexibility index (Phi) is 3.76. The van der Waals surface area contributed by atoms with Crippen molar-refractivity contribution in [3.8, 4) is 11.3 Å². The Labute approximate surface area is 145 Å². The summed E-state index contributed by atoms with van der Waals surface area (Å²) in [5, 5.41) is 0. The Morgan fingerprint density at radius 2 is 1.92 bits per heavy atom. The van der Waals surface area contributed by atoms with Gasteiger partial charge >= 0.3 is 5.97 Å². The van der Waals surface area contributed by atoms with Crippen molar-refractivity contribution in [1.82, 2.24) is 14.0 Å². The molecule has 5 heteroatoms. The fourth-order valence-electron chi connectivity index (χ4n) is 3.22. The molecule has 0 saturated carbocycles. The van der Waals surface area contributed by atoms with E-state index in [1.165, 1.54) is 0 Å². The maximum atomic E-state index is 12.1. The molecular formula is C20H19N3O2. The molecule has 0 amide bonds. The molecule has 0 spiro atoms. The summed E-state index contributed by atoms with van der Waals surface area (Å²) in [5.74, 6) is 0.486. The molecule has 4 aromatic rings. The zero-order valence-electron chi connectivity index (χ0n) is 14.3. The minimum atomic E-state index is -0.257. The second-order valence-electron chi connectivity index (χ2n) is 6.03. The molecule has 0 aliphatic rings. The fourth-order valence-corrected chi connectivity index (χ4v) is 3.22. The van der Waals surface area contributed by atoms with Crippen molar-refractivity contribution in [2.24, 2.45) is 0 Å². The number of fused-ring (bicyclic) bond motifs is 3. The molecule has 0 unspecified atom stereocenters. The Bertz CT molecular complexity index is 1060. The summed E-state index contributed by atoms with van der Waals surface area (Å²) in [4.78, 5) is 16.7. The molecular weight excluding hydrogens is 314 g/mol. The van der Waals surface area contributed by atoms with Crippen LogP contribution in [0, 0.1) is 6.92 Å². The maximum absolute atomic E-state index is 12.1. The van der Waals surface area contributed by atoms with Crippen LogP contribution in [0.2, 0.25) is 0 Å². The van der Waals surface area contributed by atoms with Crippen LogP contribution in [0.4, 0.5) is 0 Å². The molecule has 0 aliphatic carbocycles. The van der Waals surface area contributed by atoms with Gasteiger partial charge in [-0.1, -0.05) is 36.4 Å². The molecule has 0 N–H and O–H groups in total. The van der Waals surface area contributed by atoms with E-state index >= 15 is 0 Å². The quantitative estimate of drug-likeness (QED) is 0.533. The number of esters is 1. The highest BCUT2D eigenvalue weighted by Gasteiger charge is 2.18. The summed E-state index contributed by atoms with van der Waals surface area (Å²) in [5.41, 5.74) is 5.24. The maximum Gasteiger partial charge on any atom is 0.326 e. The van der Waals surface area contributed by atoms with Crippen molar-refractivity contribution < 1.29 is 9.53 Å². The lowest BCUT2D eigenvalue weighted by molar-refractivity contribution is -0.143. The second-order valence-corrected chi connectivity index (χ2v) is 6.03. The van der Waals surface area contributed by atoms with Crippen molar-refractivity contribution in [1.29, 1.82) is 0 Å². The second kappa shape index (κ2) is 6.09. The van der Waals surface area contributed by atoms with Crippen LogP contribution in [0.25, 0.3) is 28.1 Å². The van der Waals surface area contributed by atoms with E-state index in [0.29, 0.717) is 6.61 Å². The normalized spacial score (nSPS) is 11.3. The van der Waals surface area contributed by atoms with Crippen LogP contribution in [0.3, 0.4) is 0 Å². The van der Waals surface area contributed by atoms with Crippen molar-refractivity contribution >= 4 is 22.8 Å². The number of carbonyl (C=O) groups excluding carboxylic acids is 1. The van der Waals surface area contributed by atoms with Crippen molar-refractivity contribution in [3.05, 3.63) is 60.3 Å². The number of rotatable bonds is 4. The number of imidazole rings is 2. The number of aryl methyl sites for hydroxylation is 1. The molecule has 5 nitrogen and oxygen atoms in total. The summed E-state index contributed by atoms with van der Waals surface area (Å²) in [6.07, 6.45) is 1.85. The molecule has 0 saturated heterocycles. The molecule has 0 bridgehead atoms. The average molecular weight is 333 g/mol. The standard InChI is InChI=1S/C20H19N3O2/c1-3-25-19(24)13-22-17-11-14(2)9-10-16(17)23-18(12-21-20(22)23)15-7-5-4-6-8-15/h4-12H,3,13H2,1-2H3. The van der Waals surface area contributed by atoms with E-state index in [2.05, 4.69) is 39.7 Å². The zero-order valence-corrected chi connectivity index (χ0v) is 14.3. The molecule has 2 heterocycles. The van der Waals surface area contributed by atoms with E-state index < -0.39 is 0 Å². The van der Waals surface area contributed by atoms with E-state index in [1.807, 2.05) is 42.8 Å². The number of carbonyl (C=O) groups is 1. The van der Waals surface area contributed by atoms with Crippen LogP contribution in [-0.4, -0.2) is 26.5 Å². The van der Waals surface area contributed by atoms with Crippen molar-refractivity contribution in [2.75, 3.05) is 6.61 Å². The van der Waals surface area contributed by atoms with Crippen LogP contribution in [0.5, 0.6) is 0 Å². The highest BCUT2D eigenvalue weighted by Crippen LogP contribution is 2.28. The first-order valence-electron chi connectivity index (χ1n) is 8.36. The number of hydrogen-bond acceptors (Lipinski definition) is 3. The number of aromatic nitrogens is 3. The van der Waals surface area contributed by atoms with Crippen molar-refractivity contribution in [3.63, 3.8) is 0 Å². The SMILES string of the molecule is CCOC(=O)Cn1c2cc(C)ccc2n2c(-c3ccccc3)cnc12. The lowest BCUT2D eigenvalue weighted by Crippen LogP contribution is -2.13. The van der Waals surface area contributed by atoms with Crippen LogP contribution in [-0.2, 0) is 16.1 Å². The lowest BCUT2D eigenvalue weighted by atomic mass is 10.1. The molecule has 0 fully saturated rings. The molecule has 2 aromatic heterocycles. The summed E-state index contributed by atoms with van der Waals surface area (Å²) < 4.78 is 9.16. The predicted octanol–water partition coefficient (Wildman–Crippen LogP) is 3.83. The molecule has 0 radical (unpaired) electrons. The molecule has 126 valence electrons. The van der Waals surface area contributed by atoms with Gasteiger partial charge in [-0.2, -0.15) is 0 Å². The molecule has 4 rings (SSSR count). The Morgan fingerprint density at radius 3 is 2.68 bits per heavy atom. The van der Waals surface area contributed by atoms with Gasteiger partial charge in [0.1, 0.15) is 6.54 Å². The van der Waals surface area contributed by atoms with E-state index in [0.717, 1.165) is 33.6 Å². The van der Waals surface area contributed by atoms with Gasteiger partial charge in [0.2, 0.25) is 5.78 Å². The molecule has 2 aromatic carbocycles. The summed E-state index contributed by atoms with van der Waals surface area (Å²) in [7, 11) is 0. The smallest absolute Gasteiger partial charge is 0.326 e. The van der Waals surface area contributed by atoms with Crippen LogP contribution in [0.1, 0.15) is 12.5 Å². The summed E-state index contributed by atoms with van der Waals surface area (Å²) in [6.45, 7) is 4.38. The summed E-state index contributed by atoms with van der Waals surface area (Å²) in [6, 6.07) is 16.4. The van der Waals surface area contributed by atoms with Crippen LogP contribution < -0.4 is 0 Å². The first-order valence-corrected chi connectivity index (χ1v) is 8.36. The van der Waals surface area contributed by atoms with Crippen molar-refractivity contribution in [2.45, 2.75) is 20.4 Å². The van der Waals surface area contributed by atoms with E-state index in [-0.39, 0.29) is 12.5 Å².